The zero-order valence-corrected chi connectivity index (χ0v) is 18.8. The predicted octanol–water partition coefficient (Wildman–Crippen LogP) is 5.93. The SMILES string of the molecule is Oc1c(Br)cc(Cl)cc1/C=N\Nc1nc(Nc2ccccc2)nc(Nc2ccccc2)n1. The van der Waals surface area contributed by atoms with Gasteiger partial charge in [0.15, 0.2) is 0 Å². The molecule has 0 radical (unpaired) electrons. The van der Waals surface area contributed by atoms with Gasteiger partial charge in [-0.15, -0.1) is 0 Å². The topological polar surface area (TPSA) is 107 Å². The van der Waals surface area contributed by atoms with Crippen molar-refractivity contribution in [1.82, 2.24) is 15.0 Å². The second-order valence-corrected chi connectivity index (χ2v) is 7.77. The summed E-state index contributed by atoms with van der Waals surface area (Å²) < 4.78 is 0.468. The van der Waals surface area contributed by atoms with Crippen LogP contribution in [0.5, 0.6) is 5.75 Å². The van der Waals surface area contributed by atoms with Crippen LogP contribution in [0, 0.1) is 0 Å². The summed E-state index contributed by atoms with van der Waals surface area (Å²) in [6.45, 7) is 0. The zero-order chi connectivity index (χ0) is 22.3. The predicted molar refractivity (Wildman–Crippen MR) is 131 cm³/mol. The molecule has 4 aromatic rings. The molecule has 0 aliphatic carbocycles. The summed E-state index contributed by atoms with van der Waals surface area (Å²) in [6.07, 6.45) is 1.42. The summed E-state index contributed by atoms with van der Waals surface area (Å²) in [4.78, 5) is 13.2. The fourth-order valence-corrected chi connectivity index (χ4v) is 3.52. The molecule has 3 aromatic carbocycles. The number of hydrogen-bond acceptors (Lipinski definition) is 8. The van der Waals surface area contributed by atoms with Crippen molar-refractivity contribution in [3.8, 4) is 5.75 Å². The molecule has 32 heavy (non-hydrogen) atoms. The van der Waals surface area contributed by atoms with Crippen LogP contribution >= 0.6 is 27.5 Å². The van der Waals surface area contributed by atoms with Crippen LogP contribution in [0.15, 0.2) is 82.4 Å². The number of phenols is 1. The van der Waals surface area contributed by atoms with Gasteiger partial charge in [-0.1, -0.05) is 48.0 Å². The van der Waals surface area contributed by atoms with Crippen molar-refractivity contribution in [2.24, 2.45) is 5.10 Å². The van der Waals surface area contributed by atoms with Crippen molar-refractivity contribution in [3.63, 3.8) is 0 Å². The number of anilines is 5. The van der Waals surface area contributed by atoms with Crippen LogP contribution in [0.2, 0.25) is 5.02 Å². The standard InChI is InChI=1S/C22H17BrClN7O/c23-18-12-15(24)11-14(19(18)32)13-25-31-22-29-20(26-16-7-3-1-4-8-16)28-21(30-22)27-17-9-5-2-6-10-17/h1-13,32H,(H3,26,27,28,29,30,31)/b25-13-. The Morgan fingerprint density at radius 2 is 1.34 bits per heavy atom. The molecular formula is C22H17BrClN7O. The smallest absolute Gasteiger partial charge is 0.250 e. The van der Waals surface area contributed by atoms with Gasteiger partial charge >= 0.3 is 0 Å². The molecule has 0 saturated carbocycles. The van der Waals surface area contributed by atoms with Crippen molar-refractivity contribution in [1.29, 1.82) is 0 Å². The Morgan fingerprint density at radius 3 is 1.91 bits per heavy atom. The normalized spacial score (nSPS) is 10.8. The molecule has 0 aliphatic heterocycles. The first kappa shape index (κ1) is 21.5. The number of aromatic nitrogens is 3. The molecular weight excluding hydrogens is 494 g/mol. The van der Waals surface area contributed by atoms with Gasteiger partial charge in [-0.3, -0.25) is 0 Å². The molecule has 4 N–H and O–H groups in total. The largest absolute Gasteiger partial charge is 0.506 e. The highest BCUT2D eigenvalue weighted by molar-refractivity contribution is 9.10. The zero-order valence-electron chi connectivity index (χ0n) is 16.5. The summed E-state index contributed by atoms with van der Waals surface area (Å²) >= 11 is 9.29. The number of nitrogens with zero attached hydrogens (tertiary/aromatic N) is 4. The average molecular weight is 511 g/mol. The van der Waals surface area contributed by atoms with Gasteiger partial charge in [0.2, 0.25) is 17.8 Å². The highest BCUT2D eigenvalue weighted by atomic mass is 79.9. The van der Waals surface area contributed by atoms with Crippen LogP contribution in [-0.4, -0.2) is 26.3 Å². The minimum Gasteiger partial charge on any atom is -0.506 e. The molecule has 8 nitrogen and oxygen atoms in total. The first-order valence-electron chi connectivity index (χ1n) is 9.44. The van der Waals surface area contributed by atoms with E-state index in [4.69, 9.17) is 11.6 Å². The maximum absolute atomic E-state index is 10.1. The van der Waals surface area contributed by atoms with E-state index in [0.717, 1.165) is 11.4 Å². The van der Waals surface area contributed by atoms with Crippen LogP contribution in [0.1, 0.15) is 5.56 Å². The van der Waals surface area contributed by atoms with E-state index in [0.29, 0.717) is 27.0 Å². The number of halogens is 2. The van der Waals surface area contributed by atoms with Crippen LogP contribution in [0.4, 0.5) is 29.2 Å². The van der Waals surface area contributed by atoms with Crippen molar-refractivity contribution in [2.45, 2.75) is 0 Å². The van der Waals surface area contributed by atoms with E-state index >= 15 is 0 Å². The number of aromatic hydroxyl groups is 1. The number of rotatable bonds is 7. The molecule has 0 bridgehead atoms. The van der Waals surface area contributed by atoms with Crippen LogP contribution < -0.4 is 16.1 Å². The molecule has 1 aromatic heterocycles. The Balaban J connectivity index is 1.59. The lowest BCUT2D eigenvalue weighted by atomic mass is 10.2. The van der Waals surface area contributed by atoms with Crippen molar-refractivity contribution < 1.29 is 5.11 Å². The minimum atomic E-state index is 0.0217. The highest BCUT2D eigenvalue weighted by Crippen LogP contribution is 2.30. The Bertz CT molecular complexity index is 1180. The van der Waals surface area contributed by atoms with E-state index in [1.54, 1.807) is 12.1 Å². The Hall–Kier alpha value is -3.69. The maximum Gasteiger partial charge on any atom is 0.250 e. The molecule has 0 saturated heterocycles. The van der Waals surface area contributed by atoms with Crippen LogP contribution in [0.25, 0.3) is 0 Å². The second kappa shape index (κ2) is 10.1. The fourth-order valence-electron chi connectivity index (χ4n) is 2.68. The summed E-state index contributed by atoms with van der Waals surface area (Å²) in [5, 5.41) is 21.0. The Morgan fingerprint density at radius 1 is 0.812 bits per heavy atom. The molecule has 0 atom stereocenters. The molecule has 1 heterocycles. The number of nitrogens with one attached hydrogen (secondary N) is 3. The minimum absolute atomic E-state index is 0.0217. The lowest BCUT2D eigenvalue weighted by Gasteiger charge is -2.10. The first-order chi connectivity index (χ1) is 15.6. The lowest BCUT2D eigenvalue weighted by molar-refractivity contribution is 0.471. The third-order valence-electron chi connectivity index (χ3n) is 4.12. The highest BCUT2D eigenvalue weighted by Gasteiger charge is 2.08. The van der Waals surface area contributed by atoms with E-state index in [1.165, 1.54) is 6.21 Å². The van der Waals surface area contributed by atoms with Gasteiger partial charge in [-0.2, -0.15) is 20.1 Å². The second-order valence-electron chi connectivity index (χ2n) is 6.48. The van der Waals surface area contributed by atoms with Gasteiger partial charge in [-0.25, -0.2) is 5.43 Å². The van der Waals surface area contributed by atoms with Gasteiger partial charge < -0.3 is 15.7 Å². The monoisotopic (exact) mass is 509 g/mol. The van der Waals surface area contributed by atoms with Crippen LogP contribution in [0.3, 0.4) is 0 Å². The molecule has 160 valence electrons. The van der Waals surface area contributed by atoms with E-state index in [9.17, 15) is 5.11 Å². The van der Waals surface area contributed by atoms with Crippen molar-refractivity contribution in [3.05, 3.63) is 87.9 Å². The lowest BCUT2D eigenvalue weighted by Crippen LogP contribution is -2.07. The number of phenolic OH excluding ortho intramolecular Hbond substituents is 1. The average Bonchev–Trinajstić information content (AvgIpc) is 2.78. The summed E-state index contributed by atoms with van der Waals surface area (Å²) in [5.41, 5.74) is 4.85. The molecule has 0 amide bonds. The van der Waals surface area contributed by atoms with Crippen molar-refractivity contribution in [2.75, 3.05) is 16.1 Å². The maximum atomic E-state index is 10.1. The van der Waals surface area contributed by atoms with Gasteiger partial charge in [0.05, 0.1) is 10.7 Å². The van der Waals surface area contributed by atoms with Gasteiger partial charge in [0.1, 0.15) is 5.75 Å². The van der Waals surface area contributed by atoms with Gasteiger partial charge in [-0.05, 0) is 52.3 Å². The molecule has 10 heteroatoms. The first-order valence-corrected chi connectivity index (χ1v) is 10.6. The van der Waals surface area contributed by atoms with E-state index in [-0.39, 0.29) is 11.7 Å². The Kier molecular flexibility index (Phi) is 6.78. The van der Waals surface area contributed by atoms with E-state index in [1.807, 2.05) is 60.7 Å². The Labute approximate surface area is 197 Å². The quantitative estimate of drug-likeness (QED) is 0.180. The number of para-hydroxylation sites is 2. The van der Waals surface area contributed by atoms with Crippen LogP contribution in [-0.2, 0) is 0 Å². The van der Waals surface area contributed by atoms with E-state index in [2.05, 4.69) is 52.0 Å². The molecule has 0 aliphatic rings. The molecule has 0 fully saturated rings. The number of hydrogen-bond donors (Lipinski definition) is 4. The van der Waals surface area contributed by atoms with Crippen molar-refractivity contribution >= 4 is 63.0 Å². The van der Waals surface area contributed by atoms with E-state index < -0.39 is 0 Å². The fraction of sp³-hybridized carbons (Fsp3) is 0. The third kappa shape index (κ3) is 5.71. The summed E-state index contributed by atoms with van der Waals surface area (Å²) in [5.74, 6) is 0.883. The van der Waals surface area contributed by atoms with Gasteiger partial charge in [0.25, 0.3) is 0 Å². The van der Waals surface area contributed by atoms with Gasteiger partial charge in [0, 0.05) is 22.0 Å². The number of benzene rings is 3. The molecule has 0 unspecified atom stereocenters. The third-order valence-corrected chi connectivity index (χ3v) is 4.94. The summed E-state index contributed by atoms with van der Waals surface area (Å²) in [7, 11) is 0. The molecule has 4 rings (SSSR count). The number of hydrazone groups is 1. The molecule has 0 spiro atoms. The summed E-state index contributed by atoms with van der Waals surface area (Å²) in [6, 6.07) is 22.3.